The third kappa shape index (κ3) is 5.21. The van der Waals surface area contributed by atoms with E-state index in [4.69, 9.17) is 4.74 Å². The van der Waals surface area contributed by atoms with Crippen LogP contribution in [0.3, 0.4) is 0 Å². The number of ketones is 1. The molecule has 0 spiro atoms. The molecule has 3 rings (SSSR count). The van der Waals surface area contributed by atoms with Gasteiger partial charge >= 0.3 is 5.97 Å². The Balaban J connectivity index is 2.11. The molecular weight excluding hydrogens is 514 g/mol. The van der Waals surface area contributed by atoms with Crippen molar-refractivity contribution < 1.29 is 24.2 Å². The van der Waals surface area contributed by atoms with Crippen LogP contribution in [0.1, 0.15) is 59.2 Å². The Kier molecular flexibility index (Phi) is 8.56. The number of nitrogens with zero attached hydrogens (tertiary/aromatic N) is 2. The van der Waals surface area contributed by atoms with Gasteiger partial charge in [-0.15, -0.1) is 0 Å². The average molecular weight is 546 g/mol. The zero-order chi connectivity index (χ0) is 25.9. The number of Topliss-reactive ketones (excluding diaryl/α,β-unsaturated/α-hetero) is 1. The lowest BCUT2D eigenvalue weighted by molar-refractivity contribution is -0.140. The van der Waals surface area contributed by atoms with E-state index >= 15 is 0 Å². The van der Waals surface area contributed by atoms with Crippen molar-refractivity contribution in [2.75, 3.05) is 33.3 Å². The predicted octanol–water partition coefficient (Wildman–Crippen LogP) is 4.33. The number of carbonyl (C=O) groups is 3. The first-order valence-corrected chi connectivity index (χ1v) is 12.5. The molecule has 1 aliphatic heterocycles. The number of aliphatic hydroxyl groups is 1. The average Bonchev–Trinajstić information content (AvgIpc) is 3.28. The molecule has 0 unspecified atom stereocenters. The summed E-state index contributed by atoms with van der Waals surface area (Å²) in [5, 5.41) is 11.4. The van der Waals surface area contributed by atoms with Crippen LogP contribution in [0.25, 0.3) is 5.76 Å². The SMILES string of the molecule is CCN(CC)CCCN1C(=O)C(=O)/C(=C(/O)c2c(C)[nH]c(C(=O)OC)c2C)[C@@H]1c1ccc(Br)cc1. The summed E-state index contributed by atoms with van der Waals surface area (Å²) < 4.78 is 5.68. The van der Waals surface area contributed by atoms with E-state index in [1.165, 1.54) is 7.11 Å². The molecule has 1 amide bonds. The normalized spacial score (nSPS) is 17.5. The van der Waals surface area contributed by atoms with E-state index in [0.29, 0.717) is 29.8 Å². The summed E-state index contributed by atoms with van der Waals surface area (Å²) >= 11 is 3.43. The number of esters is 1. The lowest BCUT2D eigenvalue weighted by atomic mass is 9.94. The summed E-state index contributed by atoms with van der Waals surface area (Å²) in [5.74, 6) is -2.26. The minimum atomic E-state index is -0.741. The van der Waals surface area contributed by atoms with E-state index in [2.05, 4.69) is 39.7 Å². The maximum absolute atomic E-state index is 13.3. The maximum atomic E-state index is 13.3. The second-order valence-electron chi connectivity index (χ2n) is 8.54. The van der Waals surface area contributed by atoms with Gasteiger partial charge in [0.2, 0.25) is 0 Å². The largest absolute Gasteiger partial charge is 0.507 e. The van der Waals surface area contributed by atoms with Gasteiger partial charge in [0.05, 0.1) is 18.7 Å². The highest BCUT2D eigenvalue weighted by Crippen LogP contribution is 2.41. The molecule has 1 aromatic heterocycles. The lowest BCUT2D eigenvalue weighted by Gasteiger charge is -2.27. The molecule has 0 radical (unpaired) electrons. The summed E-state index contributed by atoms with van der Waals surface area (Å²) in [6.07, 6.45) is 0.691. The number of hydrogen-bond donors (Lipinski definition) is 2. The number of hydrogen-bond acceptors (Lipinski definition) is 6. The summed E-state index contributed by atoms with van der Waals surface area (Å²) in [6.45, 7) is 10.5. The smallest absolute Gasteiger partial charge is 0.354 e. The first-order valence-electron chi connectivity index (χ1n) is 11.7. The quantitative estimate of drug-likeness (QED) is 0.210. The number of likely N-dealkylation sites (tertiary alicyclic amines) is 1. The monoisotopic (exact) mass is 545 g/mol. The molecule has 0 saturated carbocycles. The van der Waals surface area contributed by atoms with Crippen LogP contribution in [-0.4, -0.2) is 70.8 Å². The van der Waals surface area contributed by atoms with Crippen LogP contribution in [0.4, 0.5) is 0 Å². The molecule has 1 fully saturated rings. The number of nitrogens with one attached hydrogen (secondary N) is 1. The minimum absolute atomic E-state index is 0.0155. The molecule has 2 N–H and O–H groups in total. The molecule has 8 nitrogen and oxygen atoms in total. The van der Waals surface area contributed by atoms with Crippen LogP contribution in [-0.2, 0) is 14.3 Å². The first kappa shape index (κ1) is 26.7. The number of benzene rings is 1. The van der Waals surface area contributed by atoms with Gasteiger partial charge in [-0.25, -0.2) is 4.79 Å². The number of halogens is 1. The highest BCUT2D eigenvalue weighted by molar-refractivity contribution is 9.10. The van der Waals surface area contributed by atoms with Crippen LogP contribution in [0, 0.1) is 13.8 Å². The molecule has 0 aliphatic carbocycles. The fourth-order valence-electron chi connectivity index (χ4n) is 4.65. The van der Waals surface area contributed by atoms with E-state index < -0.39 is 23.7 Å². The number of methoxy groups -OCH3 is 1. The first-order chi connectivity index (χ1) is 16.7. The van der Waals surface area contributed by atoms with Crippen molar-refractivity contribution in [2.45, 2.75) is 40.2 Å². The molecule has 1 aliphatic rings. The molecule has 2 heterocycles. The Bertz CT molecular complexity index is 1150. The van der Waals surface area contributed by atoms with Gasteiger partial charge < -0.3 is 24.6 Å². The van der Waals surface area contributed by atoms with Crippen molar-refractivity contribution in [1.29, 1.82) is 0 Å². The number of aromatic amines is 1. The lowest BCUT2D eigenvalue weighted by Crippen LogP contribution is -2.33. The van der Waals surface area contributed by atoms with E-state index in [-0.39, 0.29) is 17.0 Å². The third-order valence-corrected chi connectivity index (χ3v) is 7.09. The van der Waals surface area contributed by atoms with E-state index in [1.807, 2.05) is 24.3 Å². The Morgan fingerprint density at radius 2 is 1.80 bits per heavy atom. The Morgan fingerprint density at radius 1 is 1.17 bits per heavy atom. The Labute approximate surface area is 214 Å². The topological polar surface area (TPSA) is 103 Å². The standard InChI is InChI=1S/C26H32BrN3O5/c1-6-29(7-2)13-8-14-30-22(17-9-11-18(27)12-10-17)20(24(32)25(30)33)23(31)19-15(3)21(26(34)35-5)28-16(19)4/h9-12,22,28,31H,6-8,13-14H2,1-5H3/b23-20+/t22-/m0/s1. The van der Waals surface area contributed by atoms with Crippen molar-refractivity contribution in [1.82, 2.24) is 14.8 Å². The predicted molar refractivity (Wildman–Crippen MR) is 137 cm³/mol. The van der Waals surface area contributed by atoms with Gasteiger partial charge in [0, 0.05) is 22.3 Å². The second kappa shape index (κ2) is 11.2. The molecular formula is C26H32BrN3O5. The van der Waals surface area contributed by atoms with E-state index in [1.54, 1.807) is 18.7 Å². The van der Waals surface area contributed by atoms with Crippen molar-refractivity contribution >= 4 is 39.3 Å². The summed E-state index contributed by atoms with van der Waals surface area (Å²) in [7, 11) is 1.27. The van der Waals surface area contributed by atoms with Crippen molar-refractivity contribution in [3.63, 3.8) is 0 Å². The number of H-pyrrole nitrogens is 1. The highest BCUT2D eigenvalue weighted by Gasteiger charge is 2.46. The zero-order valence-electron chi connectivity index (χ0n) is 20.8. The molecule has 1 aromatic carbocycles. The number of aryl methyl sites for hydroxylation is 1. The van der Waals surface area contributed by atoms with Gasteiger partial charge in [-0.3, -0.25) is 9.59 Å². The highest BCUT2D eigenvalue weighted by atomic mass is 79.9. The summed E-state index contributed by atoms with van der Waals surface area (Å²) in [5.41, 5.74) is 2.21. The van der Waals surface area contributed by atoms with Crippen LogP contribution in [0.2, 0.25) is 0 Å². The van der Waals surface area contributed by atoms with Crippen LogP contribution >= 0.6 is 15.9 Å². The molecule has 35 heavy (non-hydrogen) atoms. The van der Waals surface area contributed by atoms with Gasteiger partial charge in [0.15, 0.2) is 0 Å². The third-order valence-electron chi connectivity index (χ3n) is 6.56. The molecule has 0 bridgehead atoms. The van der Waals surface area contributed by atoms with Crippen LogP contribution in [0.5, 0.6) is 0 Å². The van der Waals surface area contributed by atoms with Gasteiger partial charge in [0.25, 0.3) is 11.7 Å². The number of ether oxygens (including phenoxy) is 1. The molecule has 1 atom stereocenters. The van der Waals surface area contributed by atoms with Gasteiger partial charge in [0.1, 0.15) is 11.5 Å². The van der Waals surface area contributed by atoms with Gasteiger partial charge in [-0.05, 0) is 63.2 Å². The zero-order valence-corrected chi connectivity index (χ0v) is 22.4. The van der Waals surface area contributed by atoms with Gasteiger partial charge in [-0.1, -0.05) is 41.9 Å². The molecule has 9 heteroatoms. The Morgan fingerprint density at radius 3 is 2.37 bits per heavy atom. The van der Waals surface area contributed by atoms with Crippen LogP contribution < -0.4 is 0 Å². The van der Waals surface area contributed by atoms with Crippen molar-refractivity contribution in [2.24, 2.45) is 0 Å². The van der Waals surface area contributed by atoms with Gasteiger partial charge in [-0.2, -0.15) is 0 Å². The summed E-state index contributed by atoms with van der Waals surface area (Å²) in [6, 6.07) is 6.61. The maximum Gasteiger partial charge on any atom is 0.354 e. The molecule has 188 valence electrons. The number of amides is 1. The van der Waals surface area contributed by atoms with E-state index in [0.717, 1.165) is 29.7 Å². The number of rotatable bonds is 9. The van der Waals surface area contributed by atoms with E-state index in [9.17, 15) is 19.5 Å². The van der Waals surface area contributed by atoms with Crippen LogP contribution in [0.15, 0.2) is 34.3 Å². The second-order valence-corrected chi connectivity index (χ2v) is 9.46. The Hall–Kier alpha value is -2.91. The molecule has 2 aromatic rings. The number of carbonyl (C=O) groups excluding carboxylic acids is 3. The summed E-state index contributed by atoms with van der Waals surface area (Å²) in [4.78, 5) is 45.3. The number of aromatic nitrogens is 1. The fourth-order valence-corrected chi connectivity index (χ4v) is 4.92. The van der Waals surface area contributed by atoms with Crippen molar-refractivity contribution in [3.8, 4) is 0 Å². The number of aliphatic hydroxyl groups excluding tert-OH is 1. The minimum Gasteiger partial charge on any atom is -0.507 e. The fraction of sp³-hybridized carbons (Fsp3) is 0.423. The molecule has 1 saturated heterocycles. The van der Waals surface area contributed by atoms with Crippen molar-refractivity contribution in [3.05, 3.63) is 62.4 Å².